The highest BCUT2D eigenvalue weighted by Gasteiger charge is 2.24. The van der Waals surface area contributed by atoms with Crippen molar-refractivity contribution in [3.05, 3.63) is 42.5 Å². The van der Waals surface area contributed by atoms with E-state index < -0.39 is 0 Å². The SMILES string of the molecule is C=CCOC(=O)N1CCC(NC(=O)CCCOc2ccc(C)cc2)CC1. The summed E-state index contributed by atoms with van der Waals surface area (Å²) in [7, 11) is 0. The zero-order chi connectivity index (χ0) is 18.8. The minimum absolute atomic E-state index is 0.0326. The second kappa shape index (κ2) is 10.5. The van der Waals surface area contributed by atoms with E-state index in [1.54, 1.807) is 11.0 Å². The molecule has 2 amide bonds. The first-order chi connectivity index (χ1) is 12.6. The number of carbonyl (C=O) groups excluding carboxylic acids is 2. The van der Waals surface area contributed by atoms with E-state index in [1.165, 1.54) is 5.56 Å². The fourth-order valence-electron chi connectivity index (χ4n) is 2.78. The predicted molar refractivity (Wildman–Crippen MR) is 100 cm³/mol. The Bertz CT molecular complexity index is 592. The van der Waals surface area contributed by atoms with E-state index in [0.29, 0.717) is 32.5 Å². The number of nitrogens with zero attached hydrogens (tertiary/aromatic N) is 1. The maximum absolute atomic E-state index is 12.0. The first-order valence-corrected chi connectivity index (χ1v) is 9.10. The standard InChI is InChI=1S/C20H28N2O4/c1-3-14-26-20(24)22-12-10-17(11-13-22)21-19(23)5-4-15-25-18-8-6-16(2)7-9-18/h3,6-9,17H,1,4-5,10-15H2,2H3,(H,21,23). The summed E-state index contributed by atoms with van der Waals surface area (Å²) in [6.07, 6.45) is 3.83. The number of benzene rings is 1. The highest BCUT2D eigenvalue weighted by atomic mass is 16.6. The molecular formula is C20H28N2O4. The Kier molecular flexibility index (Phi) is 7.99. The van der Waals surface area contributed by atoms with Crippen LogP contribution in [0.25, 0.3) is 0 Å². The smallest absolute Gasteiger partial charge is 0.410 e. The molecule has 0 bridgehead atoms. The van der Waals surface area contributed by atoms with Gasteiger partial charge in [-0.25, -0.2) is 4.79 Å². The van der Waals surface area contributed by atoms with Crippen LogP contribution < -0.4 is 10.1 Å². The third-order valence-corrected chi connectivity index (χ3v) is 4.28. The molecule has 0 radical (unpaired) electrons. The Morgan fingerprint density at radius 1 is 1.27 bits per heavy atom. The molecule has 1 fully saturated rings. The van der Waals surface area contributed by atoms with E-state index in [4.69, 9.17) is 9.47 Å². The lowest BCUT2D eigenvalue weighted by atomic mass is 10.1. The molecule has 2 rings (SSSR count). The maximum Gasteiger partial charge on any atom is 0.410 e. The van der Waals surface area contributed by atoms with Crippen LogP contribution in [0, 0.1) is 6.92 Å². The number of nitrogens with one attached hydrogen (secondary N) is 1. The van der Waals surface area contributed by atoms with E-state index in [2.05, 4.69) is 11.9 Å². The fraction of sp³-hybridized carbons (Fsp3) is 0.500. The highest BCUT2D eigenvalue weighted by Crippen LogP contribution is 2.13. The van der Waals surface area contributed by atoms with Crippen LogP contribution in [0.2, 0.25) is 0 Å². The molecule has 0 spiro atoms. The molecule has 0 unspecified atom stereocenters. The molecule has 1 N–H and O–H groups in total. The Hall–Kier alpha value is -2.50. The first-order valence-electron chi connectivity index (χ1n) is 9.10. The van der Waals surface area contributed by atoms with Gasteiger partial charge in [-0.2, -0.15) is 0 Å². The van der Waals surface area contributed by atoms with Gasteiger partial charge in [0.1, 0.15) is 12.4 Å². The van der Waals surface area contributed by atoms with Crippen molar-refractivity contribution in [2.75, 3.05) is 26.3 Å². The van der Waals surface area contributed by atoms with Crippen LogP contribution in [0.3, 0.4) is 0 Å². The average molecular weight is 360 g/mol. The Balaban J connectivity index is 1.58. The molecule has 0 aromatic heterocycles. The van der Waals surface area contributed by atoms with Gasteiger partial charge in [0, 0.05) is 25.6 Å². The predicted octanol–water partition coefficient (Wildman–Crippen LogP) is 3.06. The van der Waals surface area contributed by atoms with Crippen molar-refractivity contribution in [3.63, 3.8) is 0 Å². The van der Waals surface area contributed by atoms with Gasteiger partial charge in [0.25, 0.3) is 0 Å². The van der Waals surface area contributed by atoms with E-state index in [-0.39, 0.29) is 24.6 Å². The van der Waals surface area contributed by atoms with E-state index in [0.717, 1.165) is 18.6 Å². The molecule has 142 valence electrons. The normalized spacial score (nSPS) is 14.6. The Labute approximate surface area is 155 Å². The number of rotatable bonds is 8. The van der Waals surface area contributed by atoms with Gasteiger partial charge in [0.05, 0.1) is 6.61 Å². The van der Waals surface area contributed by atoms with Crippen LogP contribution in [-0.2, 0) is 9.53 Å². The van der Waals surface area contributed by atoms with Crippen LogP contribution in [0.1, 0.15) is 31.2 Å². The summed E-state index contributed by atoms with van der Waals surface area (Å²) in [5.41, 5.74) is 1.19. The molecule has 6 heteroatoms. The van der Waals surface area contributed by atoms with Crippen LogP contribution in [0.4, 0.5) is 4.79 Å². The zero-order valence-corrected chi connectivity index (χ0v) is 15.4. The van der Waals surface area contributed by atoms with Crippen LogP contribution in [-0.4, -0.2) is 49.2 Å². The van der Waals surface area contributed by atoms with Gasteiger partial charge in [-0.1, -0.05) is 30.4 Å². The number of hydrogen-bond donors (Lipinski definition) is 1. The summed E-state index contributed by atoms with van der Waals surface area (Å²) in [5, 5.41) is 3.04. The minimum Gasteiger partial charge on any atom is -0.494 e. The first kappa shape index (κ1) is 19.8. The number of carbonyl (C=O) groups is 2. The molecule has 0 aliphatic carbocycles. The van der Waals surface area contributed by atoms with Crippen molar-refractivity contribution < 1.29 is 19.1 Å². The Morgan fingerprint density at radius 3 is 2.62 bits per heavy atom. The summed E-state index contributed by atoms with van der Waals surface area (Å²) >= 11 is 0. The van der Waals surface area contributed by atoms with Crippen molar-refractivity contribution in [3.8, 4) is 5.75 Å². The quantitative estimate of drug-likeness (QED) is 0.571. The van der Waals surface area contributed by atoms with Crippen molar-refractivity contribution in [1.82, 2.24) is 10.2 Å². The summed E-state index contributed by atoms with van der Waals surface area (Å²) in [6.45, 7) is 7.48. The van der Waals surface area contributed by atoms with Crippen molar-refractivity contribution in [2.24, 2.45) is 0 Å². The third-order valence-electron chi connectivity index (χ3n) is 4.28. The molecule has 1 saturated heterocycles. The van der Waals surface area contributed by atoms with Gasteiger partial charge >= 0.3 is 6.09 Å². The van der Waals surface area contributed by atoms with Gasteiger partial charge in [-0.05, 0) is 38.3 Å². The monoisotopic (exact) mass is 360 g/mol. The molecule has 6 nitrogen and oxygen atoms in total. The number of likely N-dealkylation sites (tertiary alicyclic amines) is 1. The van der Waals surface area contributed by atoms with Gasteiger partial charge in [-0.3, -0.25) is 4.79 Å². The van der Waals surface area contributed by atoms with E-state index in [9.17, 15) is 9.59 Å². The largest absolute Gasteiger partial charge is 0.494 e. The molecule has 1 heterocycles. The number of hydrogen-bond acceptors (Lipinski definition) is 4. The molecule has 1 aliphatic rings. The van der Waals surface area contributed by atoms with E-state index >= 15 is 0 Å². The molecule has 1 aromatic carbocycles. The summed E-state index contributed by atoms with van der Waals surface area (Å²) < 4.78 is 10.7. The number of piperidine rings is 1. The number of ether oxygens (including phenoxy) is 2. The van der Waals surface area contributed by atoms with Gasteiger partial charge < -0.3 is 19.7 Å². The van der Waals surface area contributed by atoms with E-state index in [1.807, 2.05) is 31.2 Å². The molecule has 1 aliphatic heterocycles. The van der Waals surface area contributed by atoms with Crippen LogP contribution in [0.15, 0.2) is 36.9 Å². The maximum atomic E-state index is 12.0. The second-order valence-corrected chi connectivity index (χ2v) is 6.46. The highest BCUT2D eigenvalue weighted by molar-refractivity contribution is 5.76. The average Bonchev–Trinajstić information content (AvgIpc) is 2.65. The molecule has 26 heavy (non-hydrogen) atoms. The van der Waals surface area contributed by atoms with Crippen molar-refractivity contribution >= 4 is 12.0 Å². The zero-order valence-electron chi connectivity index (χ0n) is 15.4. The van der Waals surface area contributed by atoms with Gasteiger partial charge in [-0.15, -0.1) is 0 Å². The van der Waals surface area contributed by atoms with Gasteiger partial charge in [0.15, 0.2) is 0 Å². The van der Waals surface area contributed by atoms with Crippen molar-refractivity contribution in [1.29, 1.82) is 0 Å². The molecule has 0 atom stereocenters. The topological polar surface area (TPSA) is 67.9 Å². The number of amides is 2. The van der Waals surface area contributed by atoms with Gasteiger partial charge in [0.2, 0.25) is 5.91 Å². The number of aryl methyl sites for hydroxylation is 1. The van der Waals surface area contributed by atoms with Crippen LogP contribution in [0.5, 0.6) is 5.75 Å². The fourth-order valence-corrected chi connectivity index (χ4v) is 2.78. The second-order valence-electron chi connectivity index (χ2n) is 6.46. The lowest BCUT2D eigenvalue weighted by Gasteiger charge is -2.31. The lowest BCUT2D eigenvalue weighted by molar-refractivity contribution is -0.122. The van der Waals surface area contributed by atoms with Crippen molar-refractivity contribution in [2.45, 2.75) is 38.6 Å². The summed E-state index contributed by atoms with van der Waals surface area (Å²) in [5.74, 6) is 0.858. The molecule has 0 saturated carbocycles. The molecular weight excluding hydrogens is 332 g/mol. The third kappa shape index (κ3) is 6.78. The summed E-state index contributed by atoms with van der Waals surface area (Å²) in [4.78, 5) is 25.5. The minimum atomic E-state index is -0.317. The molecule has 1 aromatic rings. The van der Waals surface area contributed by atoms with Crippen LogP contribution >= 0.6 is 0 Å². The summed E-state index contributed by atoms with van der Waals surface area (Å²) in [6, 6.07) is 7.99. The lowest BCUT2D eigenvalue weighted by Crippen LogP contribution is -2.46. The Morgan fingerprint density at radius 2 is 1.96 bits per heavy atom.